The highest BCUT2D eigenvalue weighted by atomic mass is 32.1. The molecule has 3 rings (SSSR count). The molecular formula is C15H10FN3O2S. The highest BCUT2D eigenvalue weighted by Crippen LogP contribution is 2.22. The van der Waals surface area contributed by atoms with Gasteiger partial charge >= 0.3 is 0 Å². The SMILES string of the molecule is O=[N+]([O-])c1ccc(-c2cn(-c3ccc(F)cc3)c(=S)[nH]2)cc1. The quantitative estimate of drug-likeness (QED) is 0.446. The Morgan fingerprint density at radius 1 is 1.09 bits per heavy atom. The fourth-order valence-electron chi connectivity index (χ4n) is 2.10. The Morgan fingerprint density at radius 3 is 2.32 bits per heavy atom. The number of nitro groups is 1. The van der Waals surface area contributed by atoms with E-state index in [4.69, 9.17) is 12.2 Å². The van der Waals surface area contributed by atoms with E-state index in [0.29, 0.717) is 4.77 Å². The lowest BCUT2D eigenvalue weighted by molar-refractivity contribution is -0.384. The summed E-state index contributed by atoms with van der Waals surface area (Å²) in [5, 5.41) is 10.7. The smallest absolute Gasteiger partial charge is 0.269 e. The van der Waals surface area contributed by atoms with E-state index in [1.54, 1.807) is 35.0 Å². The van der Waals surface area contributed by atoms with Crippen LogP contribution in [-0.2, 0) is 0 Å². The van der Waals surface area contributed by atoms with Gasteiger partial charge in [0.25, 0.3) is 5.69 Å². The number of H-pyrrole nitrogens is 1. The van der Waals surface area contributed by atoms with E-state index in [1.807, 2.05) is 0 Å². The van der Waals surface area contributed by atoms with E-state index in [1.165, 1.54) is 24.3 Å². The van der Waals surface area contributed by atoms with E-state index in [0.717, 1.165) is 16.9 Å². The first-order chi connectivity index (χ1) is 10.5. The maximum absolute atomic E-state index is 13.0. The van der Waals surface area contributed by atoms with Crippen molar-refractivity contribution in [2.75, 3.05) is 0 Å². The van der Waals surface area contributed by atoms with Gasteiger partial charge in [-0.1, -0.05) is 0 Å². The number of nitrogens with one attached hydrogen (secondary N) is 1. The Morgan fingerprint density at radius 2 is 1.73 bits per heavy atom. The first-order valence-corrected chi connectivity index (χ1v) is 6.78. The second kappa shape index (κ2) is 5.53. The van der Waals surface area contributed by atoms with Crippen LogP contribution in [0.2, 0.25) is 0 Å². The van der Waals surface area contributed by atoms with Crippen LogP contribution < -0.4 is 0 Å². The molecule has 0 atom stereocenters. The van der Waals surface area contributed by atoms with Gasteiger partial charge in [-0.2, -0.15) is 0 Å². The molecule has 0 saturated heterocycles. The number of non-ortho nitro benzene ring substituents is 1. The largest absolute Gasteiger partial charge is 0.330 e. The van der Waals surface area contributed by atoms with Crippen molar-refractivity contribution in [3.05, 3.63) is 75.4 Å². The van der Waals surface area contributed by atoms with Gasteiger partial charge in [0.2, 0.25) is 0 Å². The van der Waals surface area contributed by atoms with Crippen LogP contribution in [0.1, 0.15) is 0 Å². The summed E-state index contributed by atoms with van der Waals surface area (Å²) < 4.78 is 15.2. The van der Waals surface area contributed by atoms with Gasteiger partial charge in [-0.3, -0.25) is 14.7 Å². The van der Waals surface area contributed by atoms with Crippen LogP contribution in [0.15, 0.2) is 54.7 Å². The third-order valence-electron chi connectivity index (χ3n) is 3.21. The molecule has 1 N–H and O–H groups in total. The Kier molecular flexibility index (Phi) is 3.56. The van der Waals surface area contributed by atoms with Crippen molar-refractivity contribution in [1.29, 1.82) is 0 Å². The van der Waals surface area contributed by atoms with E-state index < -0.39 is 4.92 Å². The molecule has 0 aliphatic heterocycles. The Hall–Kier alpha value is -2.80. The lowest BCUT2D eigenvalue weighted by atomic mass is 10.1. The molecule has 0 unspecified atom stereocenters. The summed E-state index contributed by atoms with van der Waals surface area (Å²) in [6.07, 6.45) is 1.77. The van der Waals surface area contributed by atoms with Crippen molar-refractivity contribution in [2.24, 2.45) is 0 Å². The fraction of sp³-hybridized carbons (Fsp3) is 0. The van der Waals surface area contributed by atoms with Crippen LogP contribution in [0.4, 0.5) is 10.1 Å². The van der Waals surface area contributed by atoms with Gasteiger partial charge in [0, 0.05) is 29.6 Å². The molecule has 1 aromatic heterocycles. The van der Waals surface area contributed by atoms with Crippen molar-refractivity contribution in [3.63, 3.8) is 0 Å². The van der Waals surface area contributed by atoms with Gasteiger partial charge in [0.1, 0.15) is 5.82 Å². The highest BCUT2D eigenvalue weighted by molar-refractivity contribution is 7.71. The molecule has 3 aromatic rings. The monoisotopic (exact) mass is 315 g/mol. The van der Waals surface area contributed by atoms with Crippen molar-refractivity contribution in [3.8, 4) is 16.9 Å². The number of aromatic nitrogens is 2. The third kappa shape index (κ3) is 2.66. The van der Waals surface area contributed by atoms with Crippen molar-refractivity contribution < 1.29 is 9.31 Å². The molecule has 0 saturated carbocycles. The maximum Gasteiger partial charge on any atom is 0.269 e. The molecule has 0 aliphatic carbocycles. The molecule has 110 valence electrons. The Labute approximate surface area is 129 Å². The van der Waals surface area contributed by atoms with Crippen molar-refractivity contribution in [1.82, 2.24) is 9.55 Å². The summed E-state index contributed by atoms with van der Waals surface area (Å²) in [4.78, 5) is 13.3. The number of aromatic amines is 1. The minimum Gasteiger partial charge on any atom is -0.330 e. The first kappa shape index (κ1) is 14.2. The number of nitro benzene ring substituents is 1. The molecule has 0 amide bonds. The number of hydrogen-bond donors (Lipinski definition) is 1. The number of nitrogens with zero attached hydrogens (tertiary/aromatic N) is 2. The van der Waals surface area contributed by atoms with Gasteiger partial charge in [0.05, 0.1) is 10.6 Å². The molecule has 2 aromatic carbocycles. The van der Waals surface area contributed by atoms with Crippen LogP contribution in [0.3, 0.4) is 0 Å². The summed E-state index contributed by atoms with van der Waals surface area (Å²) in [7, 11) is 0. The topological polar surface area (TPSA) is 63.9 Å². The number of hydrogen-bond acceptors (Lipinski definition) is 3. The number of halogens is 1. The summed E-state index contributed by atoms with van der Waals surface area (Å²) in [5.74, 6) is -0.318. The zero-order valence-electron chi connectivity index (χ0n) is 11.2. The average Bonchev–Trinajstić information content (AvgIpc) is 2.90. The summed E-state index contributed by atoms with van der Waals surface area (Å²) >= 11 is 5.26. The second-order valence-electron chi connectivity index (χ2n) is 4.62. The molecule has 0 radical (unpaired) electrons. The summed E-state index contributed by atoms with van der Waals surface area (Å²) in [6.45, 7) is 0. The molecule has 0 spiro atoms. The maximum atomic E-state index is 13.0. The zero-order chi connectivity index (χ0) is 15.7. The molecule has 5 nitrogen and oxygen atoms in total. The van der Waals surface area contributed by atoms with E-state index in [2.05, 4.69) is 4.98 Å². The van der Waals surface area contributed by atoms with Gasteiger partial charge < -0.3 is 4.98 Å². The minimum absolute atomic E-state index is 0.0281. The van der Waals surface area contributed by atoms with Crippen molar-refractivity contribution >= 4 is 17.9 Å². The van der Waals surface area contributed by atoms with E-state index >= 15 is 0 Å². The zero-order valence-corrected chi connectivity index (χ0v) is 12.0. The second-order valence-corrected chi connectivity index (χ2v) is 5.01. The summed E-state index contributed by atoms with van der Waals surface area (Å²) in [5.41, 5.74) is 2.26. The molecule has 0 bridgehead atoms. The van der Waals surface area contributed by atoms with Crippen LogP contribution in [0.5, 0.6) is 0 Å². The fourth-order valence-corrected chi connectivity index (χ4v) is 2.37. The van der Waals surface area contributed by atoms with Gasteiger partial charge in [-0.25, -0.2) is 4.39 Å². The van der Waals surface area contributed by atoms with Gasteiger partial charge in [0.15, 0.2) is 4.77 Å². The number of rotatable bonds is 3. The summed E-state index contributed by atoms with van der Waals surface area (Å²) in [6, 6.07) is 12.1. The van der Waals surface area contributed by atoms with Crippen molar-refractivity contribution in [2.45, 2.75) is 0 Å². The Bertz CT molecular complexity index is 882. The standard InChI is InChI=1S/C15H10FN3O2S/c16-11-3-7-12(8-4-11)18-9-14(17-15(18)22)10-1-5-13(6-2-10)19(20)21/h1-9H,(H,17,22). The van der Waals surface area contributed by atoms with Crippen LogP contribution in [-0.4, -0.2) is 14.5 Å². The first-order valence-electron chi connectivity index (χ1n) is 6.37. The third-order valence-corrected chi connectivity index (χ3v) is 3.51. The lowest BCUT2D eigenvalue weighted by Gasteiger charge is -2.01. The molecule has 0 fully saturated rings. The van der Waals surface area contributed by atoms with Crippen LogP contribution in [0, 0.1) is 20.7 Å². The molecule has 22 heavy (non-hydrogen) atoms. The minimum atomic E-state index is -0.449. The van der Waals surface area contributed by atoms with E-state index in [-0.39, 0.29) is 11.5 Å². The molecular weight excluding hydrogens is 305 g/mol. The highest BCUT2D eigenvalue weighted by Gasteiger charge is 2.08. The predicted octanol–water partition coefficient (Wildman–Crippen LogP) is 4.25. The molecule has 0 aliphatic rings. The number of imidazole rings is 1. The predicted molar refractivity (Wildman–Crippen MR) is 83.0 cm³/mol. The lowest BCUT2D eigenvalue weighted by Crippen LogP contribution is -1.91. The Balaban J connectivity index is 2.00. The van der Waals surface area contributed by atoms with Crippen LogP contribution >= 0.6 is 12.2 Å². The number of benzene rings is 2. The normalized spacial score (nSPS) is 10.6. The van der Waals surface area contributed by atoms with E-state index in [9.17, 15) is 14.5 Å². The van der Waals surface area contributed by atoms with Crippen LogP contribution in [0.25, 0.3) is 16.9 Å². The average molecular weight is 315 g/mol. The molecule has 1 heterocycles. The van der Waals surface area contributed by atoms with Gasteiger partial charge in [-0.05, 0) is 48.6 Å². The van der Waals surface area contributed by atoms with Gasteiger partial charge in [-0.15, -0.1) is 0 Å². The molecule has 7 heteroatoms.